The van der Waals surface area contributed by atoms with E-state index in [1.807, 2.05) is 16.8 Å². The highest BCUT2D eigenvalue weighted by molar-refractivity contribution is 5.74. The Labute approximate surface area is 116 Å². The van der Waals surface area contributed by atoms with E-state index >= 15 is 0 Å². The van der Waals surface area contributed by atoms with Gasteiger partial charge in [0.25, 0.3) is 0 Å². The lowest BCUT2D eigenvalue weighted by Gasteiger charge is -2.33. The Morgan fingerprint density at radius 1 is 1.21 bits per heavy atom. The maximum absolute atomic E-state index is 12.2. The largest absolute Gasteiger partial charge is 0.328 e. The molecule has 5 heteroatoms. The molecule has 0 aliphatic carbocycles. The van der Waals surface area contributed by atoms with Gasteiger partial charge in [-0.05, 0) is 45.3 Å². The number of rotatable bonds is 3. The molecule has 0 radical (unpaired) electrons. The minimum atomic E-state index is 0.203. The molecule has 2 aliphatic rings. The summed E-state index contributed by atoms with van der Waals surface area (Å²) in [5.41, 5.74) is 0. The first kappa shape index (κ1) is 14.6. The number of likely N-dealkylation sites (tertiary alicyclic amines) is 1. The van der Waals surface area contributed by atoms with Crippen LogP contribution < -0.4 is 5.32 Å². The average Bonchev–Trinajstić information content (AvgIpc) is 2.46. The Balaban J connectivity index is 1.68. The molecule has 0 aromatic carbocycles. The van der Waals surface area contributed by atoms with Gasteiger partial charge in [-0.1, -0.05) is 0 Å². The molecule has 19 heavy (non-hydrogen) atoms. The second-order valence-corrected chi connectivity index (χ2v) is 5.98. The Kier molecular flexibility index (Phi) is 5.45. The van der Waals surface area contributed by atoms with Crippen LogP contribution in [0.15, 0.2) is 0 Å². The quantitative estimate of drug-likeness (QED) is 0.818. The van der Waals surface area contributed by atoms with Gasteiger partial charge in [0.15, 0.2) is 0 Å². The smallest absolute Gasteiger partial charge is 0.319 e. The van der Waals surface area contributed by atoms with E-state index in [-0.39, 0.29) is 6.03 Å². The van der Waals surface area contributed by atoms with Crippen LogP contribution in [-0.2, 0) is 0 Å². The van der Waals surface area contributed by atoms with E-state index in [1.54, 1.807) is 0 Å². The van der Waals surface area contributed by atoms with Gasteiger partial charge in [-0.2, -0.15) is 0 Å². The summed E-state index contributed by atoms with van der Waals surface area (Å²) in [5, 5.41) is 3.28. The van der Waals surface area contributed by atoms with Crippen LogP contribution in [0.5, 0.6) is 0 Å². The summed E-state index contributed by atoms with van der Waals surface area (Å²) in [5.74, 6) is 0.800. The summed E-state index contributed by atoms with van der Waals surface area (Å²) in [4.78, 5) is 18.5. The van der Waals surface area contributed by atoms with Crippen LogP contribution in [0.2, 0.25) is 0 Å². The summed E-state index contributed by atoms with van der Waals surface area (Å²) >= 11 is 0. The Bertz CT molecular complexity index is 283. The molecule has 2 amide bonds. The second-order valence-electron chi connectivity index (χ2n) is 5.98. The summed E-state index contributed by atoms with van der Waals surface area (Å²) in [6.45, 7) is 6.86. The maximum Gasteiger partial charge on any atom is 0.319 e. The molecular formula is C14H28N4O. The zero-order valence-corrected chi connectivity index (χ0v) is 12.4. The third kappa shape index (κ3) is 4.35. The molecule has 0 unspecified atom stereocenters. The lowest BCUT2D eigenvalue weighted by Crippen LogP contribution is -2.50. The first-order chi connectivity index (χ1) is 9.16. The Morgan fingerprint density at radius 3 is 2.47 bits per heavy atom. The lowest BCUT2D eigenvalue weighted by atomic mass is 9.94. The SMILES string of the molecule is CN1CCC(CCN(C)C(=O)N2CCNCC2)CC1. The minimum absolute atomic E-state index is 0.203. The molecule has 0 spiro atoms. The van der Waals surface area contributed by atoms with Gasteiger partial charge in [0.2, 0.25) is 0 Å². The van der Waals surface area contributed by atoms with Gasteiger partial charge in [-0.25, -0.2) is 4.79 Å². The number of hydrogen-bond donors (Lipinski definition) is 1. The van der Waals surface area contributed by atoms with E-state index in [9.17, 15) is 4.79 Å². The van der Waals surface area contributed by atoms with Crippen LogP contribution in [0.1, 0.15) is 19.3 Å². The second kappa shape index (κ2) is 7.10. The summed E-state index contributed by atoms with van der Waals surface area (Å²) in [7, 11) is 4.13. The van der Waals surface area contributed by atoms with E-state index in [0.717, 1.165) is 45.1 Å². The zero-order chi connectivity index (χ0) is 13.7. The van der Waals surface area contributed by atoms with Crippen molar-refractivity contribution in [2.45, 2.75) is 19.3 Å². The molecule has 5 nitrogen and oxygen atoms in total. The first-order valence-corrected chi connectivity index (χ1v) is 7.56. The van der Waals surface area contributed by atoms with E-state index in [1.165, 1.54) is 25.9 Å². The van der Waals surface area contributed by atoms with E-state index in [0.29, 0.717) is 0 Å². The van der Waals surface area contributed by atoms with Crippen molar-refractivity contribution in [2.75, 3.05) is 59.9 Å². The van der Waals surface area contributed by atoms with Crippen molar-refractivity contribution in [3.05, 3.63) is 0 Å². The molecule has 110 valence electrons. The summed E-state index contributed by atoms with van der Waals surface area (Å²) in [6, 6.07) is 0.203. The molecule has 2 fully saturated rings. The third-order valence-electron chi connectivity index (χ3n) is 4.42. The van der Waals surface area contributed by atoms with Crippen LogP contribution in [0.25, 0.3) is 0 Å². The number of nitrogens with zero attached hydrogens (tertiary/aromatic N) is 3. The Hall–Kier alpha value is -0.810. The fourth-order valence-electron chi connectivity index (χ4n) is 2.92. The maximum atomic E-state index is 12.2. The molecule has 0 atom stereocenters. The Morgan fingerprint density at radius 2 is 1.84 bits per heavy atom. The van der Waals surface area contributed by atoms with Crippen molar-refractivity contribution in [3.63, 3.8) is 0 Å². The van der Waals surface area contributed by atoms with Gasteiger partial charge in [-0.3, -0.25) is 0 Å². The van der Waals surface area contributed by atoms with E-state index in [2.05, 4.69) is 17.3 Å². The molecule has 2 rings (SSSR count). The van der Waals surface area contributed by atoms with Gasteiger partial charge in [0.1, 0.15) is 0 Å². The van der Waals surface area contributed by atoms with Crippen molar-refractivity contribution in [3.8, 4) is 0 Å². The number of carbonyl (C=O) groups is 1. The van der Waals surface area contributed by atoms with Crippen LogP contribution in [0, 0.1) is 5.92 Å². The van der Waals surface area contributed by atoms with E-state index in [4.69, 9.17) is 0 Å². The molecule has 0 aromatic rings. The van der Waals surface area contributed by atoms with Gasteiger partial charge in [-0.15, -0.1) is 0 Å². The number of nitrogens with one attached hydrogen (secondary N) is 1. The molecule has 2 heterocycles. The van der Waals surface area contributed by atoms with Crippen LogP contribution in [-0.4, -0.2) is 80.6 Å². The zero-order valence-electron chi connectivity index (χ0n) is 12.4. The van der Waals surface area contributed by atoms with Gasteiger partial charge in [0, 0.05) is 39.8 Å². The highest BCUT2D eigenvalue weighted by Crippen LogP contribution is 2.19. The normalized spacial score (nSPS) is 22.5. The number of urea groups is 1. The number of carbonyl (C=O) groups excluding carboxylic acids is 1. The standard InChI is InChI=1S/C14H28N4O/c1-16-8-3-13(4-9-16)5-10-17(2)14(19)18-11-6-15-7-12-18/h13,15H,3-12H2,1-2H3. The summed E-state index contributed by atoms with van der Waals surface area (Å²) in [6.07, 6.45) is 3.72. The third-order valence-corrected chi connectivity index (χ3v) is 4.42. The van der Waals surface area contributed by atoms with Crippen molar-refractivity contribution < 1.29 is 4.79 Å². The fraction of sp³-hybridized carbons (Fsp3) is 0.929. The highest BCUT2D eigenvalue weighted by atomic mass is 16.2. The molecule has 0 saturated carbocycles. The van der Waals surface area contributed by atoms with Crippen LogP contribution in [0.4, 0.5) is 4.79 Å². The topological polar surface area (TPSA) is 38.8 Å². The van der Waals surface area contributed by atoms with Crippen molar-refractivity contribution in [1.82, 2.24) is 20.0 Å². The number of piperazine rings is 1. The van der Waals surface area contributed by atoms with Crippen molar-refractivity contribution in [2.24, 2.45) is 5.92 Å². The monoisotopic (exact) mass is 268 g/mol. The molecule has 0 bridgehead atoms. The number of piperidine rings is 1. The molecule has 2 aliphatic heterocycles. The van der Waals surface area contributed by atoms with Gasteiger partial charge in [0.05, 0.1) is 0 Å². The van der Waals surface area contributed by atoms with E-state index < -0.39 is 0 Å². The van der Waals surface area contributed by atoms with Crippen LogP contribution in [0.3, 0.4) is 0 Å². The predicted octanol–water partition coefficient (Wildman–Crippen LogP) is 0.675. The predicted molar refractivity (Wildman–Crippen MR) is 77.3 cm³/mol. The molecule has 0 aromatic heterocycles. The van der Waals surface area contributed by atoms with Crippen molar-refractivity contribution >= 4 is 6.03 Å². The average molecular weight is 268 g/mol. The highest BCUT2D eigenvalue weighted by Gasteiger charge is 2.21. The fourth-order valence-corrected chi connectivity index (χ4v) is 2.92. The molecule has 2 saturated heterocycles. The molecular weight excluding hydrogens is 240 g/mol. The van der Waals surface area contributed by atoms with Gasteiger partial charge >= 0.3 is 6.03 Å². The minimum Gasteiger partial charge on any atom is -0.328 e. The number of hydrogen-bond acceptors (Lipinski definition) is 3. The molecule has 1 N–H and O–H groups in total. The number of amides is 2. The first-order valence-electron chi connectivity index (χ1n) is 7.56. The van der Waals surface area contributed by atoms with Crippen molar-refractivity contribution in [1.29, 1.82) is 0 Å². The van der Waals surface area contributed by atoms with Crippen LogP contribution >= 0.6 is 0 Å². The van der Waals surface area contributed by atoms with Gasteiger partial charge < -0.3 is 20.0 Å². The summed E-state index contributed by atoms with van der Waals surface area (Å²) < 4.78 is 0. The lowest BCUT2D eigenvalue weighted by molar-refractivity contribution is 0.148.